The Morgan fingerprint density at radius 1 is 0.704 bits per heavy atom. The molecule has 3 aromatic rings. The van der Waals surface area contributed by atoms with Crippen molar-refractivity contribution in [1.29, 1.82) is 0 Å². The van der Waals surface area contributed by atoms with Crippen molar-refractivity contribution in [2.75, 3.05) is 0 Å². The average Bonchev–Trinajstić information content (AvgIpc) is 2.59. The molecule has 0 fully saturated rings. The van der Waals surface area contributed by atoms with Gasteiger partial charge in [-0.1, -0.05) is 48.5 Å². The van der Waals surface area contributed by atoms with Gasteiger partial charge in [-0.3, -0.25) is 9.79 Å². The van der Waals surface area contributed by atoms with Gasteiger partial charge in [0.2, 0.25) is 0 Å². The van der Waals surface area contributed by atoms with Gasteiger partial charge in [0, 0.05) is 5.56 Å². The summed E-state index contributed by atoms with van der Waals surface area (Å²) in [5, 5.41) is 0. The molecule has 0 aliphatic heterocycles. The minimum Gasteiger partial charge on any atom is -0.404 e. The third kappa shape index (κ3) is 3.98. The van der Waals surface area contributed by atoms with Crippen molar-refractivity contribution in [3.05, 3.63) is 76.9 Å². The minimum absolute atomic E-state index is 0.176. The first-order valence-corrected chi connectivity index (χ1v) is 10.2. The third-order valence-corrected chi connectivity index (χ3v) is 5.45. The zero-order chi connectivity index (χ0) is 19.8. The number of hydrogen-bond acceptors (Lipinski definition) is 2. The van der Waals surface area contributed by atoms with Crippen LogP contribution in [-0.2, 0) is 4.57 Å². The maximum atomic E-state index is 11.6. The Labute approximate surface area is 159 Å². The number of phosphoric ester groups is 1. The molecule has 0 unspecified atom stereocenters. The van der Waals surface area contributed by atoms with Crippen LogP contribution in [0.3, 0.4) is 0 Å². The minimum atomic E-state index is -4.69. The Balaban J connectivity index is 2.38. The molecule has 0 aromatic heterocycles. The van der Waals surface area contributed by atoms with E-state index in [9.17, 15) is 14.4 Å². The summed E-state index contributed by atoms with van der Waals surface area (Å²) in [7, 11) is -4.69. The summed E-state index contributed by atoms with van der Waals surface area (Å²) in [4.78, 5) is 18.8. The van der Waals surface area contributed by atoms with Crippen molar-refractivity contribution in [1.82, 2.24) is 0 Å². The molecular weight excluding hydrogens is 359 g/mol. The molecule has 0 atom stereocenters. The highest BCUT2D eigenvalue weighted by Crippen LogP contribution is 2.47. The van der Waals surface area contributed by atoms with E-state index in [0.717, 1.165) is 38.9 Å². The lowest BCUT2D eigenvalue weighted by Gasteiger charge is -2.20. The van der Waals surface area contributed by atoms with Gasteiger partial charge in [0.15, 0.2) is 0 Å². The summed E-state index contributed by atoms with van der Waals surface area (Å²) >= 11 is 0. The molecule has 0 spiro atoms. The molecule has 0 heterocycles. The molecule has 140 valence electrons. The van der Waals surface area contributed by atoms with Crippen molar-refractivity contribution < 1.29 is 18.9 Å². The number of aryl methyl sites for hydroxylation is 2. The van der Waals surface area contributed by atoms with Gasteiger partial charge in [-0.25, -0.2) is 4.57 Å². The number of benzene rings is 3. The predicted molar refractivity (Wildman–Crippen MR) is 109 cm³/mol. The van der Waals surface area contributed by atoms with Crippen molar-refractivity contribution in [3.63, 3.8) is 0 Å². The van der Waals surface area contributed by atoms with Crippen molar-refractivity contribution in [3.8, 4) is 28.0 Å². The molecule has 5 heteroatoms. The standard InChI is InChI=1S/C22H23O4P/c1-14-8-5-10-18(16(14)3)20-12-7-13-21(26-27(23,24)25)22(20)19-11-6-9-15(2)17(19)4/h5-13H,1-4H3,(H2,23,24,25). The number of phosphoric acid groups is 1. The van der Waals surface area contributed by atoms with E-state index < -0.39 is 7.82 Å². The van der Waals surface area contributed by atoms with E-state index in [2.05, 4.69) is 0 Å². The van der Waals surface area contributed by atoms with Crippen molar-refractivity contribution in [2.24, 2.45) is 0 Å². The lowest BCUT2D eigenvalue weighted by Crippen LogP contribution is -1.98. The fourth-order valence-corrected chi connectivity index (χ4v) is 3.71. The molecule has 3 aromatic carbocycles. The zero-order valence-corrected chi connectivity index (χ0v) is 16.7. The van der Waals surface area contributed by atoms with Gasteiger partial charge < -0.3 is 4.52 Å². The first-order chi connectivity index (χ1) is 12.7. The van der Waals surface area contributed by atoms with E-state index in [1.54, 1.807) is 12.1 Å². The molecule has 0 saturated carbocycles. The first-order valence-electron chi connectivity index (χ1n) is 8.70. The molecule has 0 saturated heterocycles. The van der Waals surface area contributed by atoms with Gasteiger partial charge in [-0.05, 0) is 72.7 Å². The fraction of sp³-hybridized carbons (Fsp3) is 0.182. The van der Waals surface area contributed by atoms with Crippen LogP contribution in [0.4, 0.5) is 0 Å². The van der Waals surface area contributed by atoms with E-state index >= 15 is 0 Å². The summed E-state index contributed by atoms with van der Waals surface area (Å²) in [6, 6.07) is 17.3. The SMILES string of the molecule is Cc1cccc(-c2cccc(OP(=O)(O)O)c2-c2cccc(C)c2C)c1C. The van der Waals surface area contributed by atoms with E-state index in [1.807, 2.05) is 70.2 Å². The van der Waals surface area contributed by atoms with Gasteiger partial charge in [0.1, 0.15) is 5.75 Å². The third-order valence-electron chi connectivity index (χ3n) is 5.01. The van der Waals surface area contributed by atoms with Crippen LogP contribution in [0.5, 0.6) is 5.75 Å². The Morgan fingerprint density at radius 2 is 1.19 bits per heavy atom. The summed E-state index contributed by atoms with van der Waals surface area (Å²) < 4.78 is 16.7. The van der Waals surface area contributed by atoms with Gasteiger partial charge >= 0.3 is 7.82 Å². The normalized spacial score (nSPS) is 11.5. The summed E-state index contributed by atoms with van der Waals surface area (Å²) in [5.74, 6) is 0.176. The molecule has 4 nitrogen and oxygen atoms in total. The summed E-state index contributed by atoms with van der Waals surface area (Å²) in [6.07, 6.45) is 0. The second-order valence-corrected chi connectivity index (χ2v) is 7.92. The fourth-order valence-electron chi connectivity index (χ4n) is 3.30. The van der Waals surface area contributed by atoms with E-state index in [0.29, 0.717) is 5.56 Å². The highest BCUT2D eigenvalue weighted by Gasteiger charge is 2.23. The van der Waals surface area contributed by atoms with E-state index in [1.165, 1.54) is 0 Å². The Bertz CT molecular complexity index is 1050. The van der Waals surface area contributed by atoms with Gasteiger partial charge in [0.05, 0.1) is 0 Å². The number of hydrogen-bond donors (Lipinski definition) is 2. The zero-order valence-electron chi connectivity index (χ0n) is 15.9. The van der Waals surface area contributed by atoms with Crippen LogP contribution in [0.1, 0.15) is 22.3 Å². The van der Waals surface area contributed by atoms with Crippen LogP contribution in [0.25, 0.3) is 22.3 Å². The maximum Gasteiger partial charge on any atom is 0.524 e. The molecule has 0 aliphatic carbocycles. The first kappa shape index (κ1) is 19.4. The largest absolute Gasteiger partial charge is 0.524 e. The Hall–Kier alpha value is -2.39. The molecule has 0 bridgehead atoms. The quantitative estimate of drug-likeness (QED) is 0.566. The lowest BCUT2D eigenvalue weighted by molar-refractivity contribution is 0.283. The van der Waals surface area contributed by atoms with Crippen LogP contribution >= 0.6 is 7.82 Å². The summed E-state index contributed by atoms with van der Waals surface area (Å²) in [5.41, 5.74) is 7.91. The van der Waals surface area contributed by atoms with Crippen LogP contribution < -0.4 is 4.52 Å². The van der Waals surface area contributed by atoms with Crippen LogP contribution in [-0.4, -0.2) is 9.79 Å². The summed E-state index contributed by atoms with van der Waals surface area (Å²) in [6.45, 7) is 8.12. The highest BCUT2D eigenvalue weighted by atomic mass is 31.2. The Kier molecular flexibility index (Phi) is 5.25. The Morgan fingerprint density at radius 3 is 1.78 bits per heavy atom. The molecule has 27 heavy (non-hydrogen) atoms. The van der Waals surface area contributed by atoms with Gasteiger partial charge in [0.25, 0.3) is 0 Å². The monoisotopic (exact) mass is 382 g/mol. The molecule has 3 rings (SSSR count). The van der Waals surface area contributed by atoms with Crippen molar-refractivity contribution >= 4 is 7.82 Å². The molecular formula is C22H23O4P. The van der Waals surface area contributed by atoms with Gasteiger partial charge in [-0.15, -0.1) is 0 Å². The highest BCUT2D eigenvalue weighted by molar-refractivity contribution is 7.46. The average molecular weight is 382 g/mol. The lowest BCUT2D eigenvalue weighted by atomic mass is 9.87. The van der Waals surface area contributed by atoms with Crippen molar-refractivity contribution in [2.45, 2.75) is 27.7 Å². The maximum absolute atomic E-state index is 11.6. The van der Waals surface area contributed by atoms with Gasteiger partial charge in [-0.2, -0.15) is 0 Å². The second kappa shape index (κ2) is 7.32. The van der Waals surface area contributed by atoms with E-state index in [-0.39, 0.29) is 5.75 Å². The van der Waals surface area contributed by atoms with Crippen LogP contribution in [0.2, 0.25) is 0 Å². The number of rotatable bonds is 4. The molecule has 0 amide bonds. The van der Waals surface area contributed by atoms with Crippen LogP contribution in [0.15, 0.2) is 54.6 Å². The smallest absolute Gasteiger partial charge is 0.404 e. The molecule has 2 N–H and O–H groups in total. The molecule has 0 radical (unpaired) electrons. The van der Waals surface area contributed by atoms with E-state index in [4.69, 9.17) is 4.52 Å². The second-order valence-electron chi connectivity index (χ2n) is 6.76. The topological polar surface area (TPSA) is 66.8 Å². The predicted octanol–water partition coefficient (Wildman–Crippen LogP) is 5.73. The van der Waals surface area contributed by atoms with Crippen LogP contribution in [0, 0.1) is 27.7 Å². The molecule has 0 aliphatic rings.